The van der Waals surface area contributed by atoms with Crippen LogP contribution in [0.4, 0.5) is 5.69 Å². The molecule has 0 aliphatic heterocycles. The van der Waals surface area contributed by atoms with Gasteiger partial charge in [0.1, 0.15) is 5.58 Å². The summed E-state index contributed by atoms with van der Waals surface area (Å²) in [5.41, 5.74) is 1.99. The van der Waals surface area contributed by atoms with Crippen LogP contribution in [0, 0.1) is 13.8 Å². The van der Waals surface area contributed by atoms with Crippen molar-refractivity contribution in [3.8, 4) is 0 Å². The first kappa shape index (κ1) is 20.6. The molecule has 3 aromatic rings. The molecule has 0 bridgehead atoms. The molecule has 1 amide bonds. The number of nitrogens with one attached hydrogen (secondary N) is 2. The van der Waals surface area contributed by atoms with Crippen molar-refractivity contribution >= 4 is 38.6 Å². The fourth-order valence-electron chi connectivity index (χ4n) is 2.84. The number of sulfonamides is 1. The molecule has 2 N–H and O–H groups in total. The normalized spacial score (nSPS) is 11.4. The Balaban J connectivity index is 1.68. The van der Waals surface area contributed by atoms with Gasteiger partial charge in [0.25, 0.3) is 5.91 Å². The first-order chi connectivity index (χ1) is 13.7. The van der Waals surface area contributed by atoms with Crippen molar-refractivity contribution in [2.45, 2.75) is 18.7 Å². The van der Waals surface area contributed by atoms with E-state index in [0.717, 1.165) is 5.39 Å². The van der Waals surface area contributed by atoms with Gasteiger partial charge in [0, 0.05) is 16.6 Å². The zero-order chi connectivity index (χ0) is 21.2. The lowest BCUT2D eigenvalue weighted by Crippen LogP contribution is -2.22. The van der Waals surface area contributed by atoms with Gasteiger partial charge in [-0.15, -0.1) is 0 Å². The lowest BCUT2D eigenvalue weighted by molar-refractivity contribution is -0.119. The minimum absolute atomic E-state index is 0.0386. The monoisotopic (exact) mass is 416 g/mol. The summed E-state index contributed by atoms with van der Waals surface area (Å²) in [4.78, 5) is 24.5. The van der Waals surface area contributed by atoms with Gasteiger partial charge in [-0.25, -0.2) is 17.9 Å². The topological polar surface area (TPSA) is 115 Å². The summed E-state index contributed by atoms with van der Waals surface area (Å²) >= 11 is 0. The summed E-state index contributed by atoms with van der Waals surface area (Å²) in [6, 6.07) is 11.7. The van der Waals surface area contributed by atoms with Gasteiger partial charge in [0.2, 0.25) is 15.8 Å². The van der Waals surface area contributed by atoms with Crippen LogP contribution in [-0.4, -0.2) is 33.9 Å². The number of amides is 1. The second-order valence-electron chi connectivity index (χ2n) is 6.36. The third kappa shape index (κ3) is 4.30. The van der Waals surface area contributed by atoms with Crippen LogP contribution in [0.2, 0.25) is 0 Å². The lowest BCUT2D eigenvalue weighted by atomic mass is 10.1. The van der Waals surface area contributed by atoms with E-state index in [4.69, 9.17) is 9.15 Å². The Kier molecular flexibility index (Phi) is 5.71. The molecule has 0 unspecified atom stereocenters. The number of rotatable bonds is 6. The van der Waals surface area contributed by atoms with Crippen LogP contribution >= 0.6 is 0 Å². The molecule has 0 radical (unpaired) electrons. The van der Waals surface area contributed by atoms with E-state index in [1.807, 2.05) is 12.1 Å². The van der Waals surface area contributed by atoms with Gasteiger partial charge >= 0.3 is 5.97 Å². The highest BCUT2D eigenvalue weighted by molar-refractivity contribution is 7.89. The molecule has 9 heteroatoms. The fraction of sp³-hybridized carbons (Fsp3) is 0.200. The van der Waals surface area contributed by atoms with Crippen molar-refractivity contribution in [3.63, 3.8) is 0 Å². The molecule has 0 aliphatic rings. The fourth-order valence-corrected chi connectivity index (χ4v) is 3.83. The number of esters is 1. The predicted molar refractivity (Wildman–Crippen MR) is 107 cm³/mol. The number of furan rings is 1. The molecule has 29 heavy (non-hydrogen) atoms. The van der Waals surface area contributed by atoms with Gasteiger partial charge < -0.3 is 14.5 Å². The van der Waals surface area contributed by atoms with E-state index in [-0.39, 0.29) is 16.3 Å². The van der Waals surface area contributed by atoms with Crippen molar-refractivity contribution in [2.24, 2.45) is 0 Å². The second kappa shape index (κ2) is 8.06. The zero-order valence-electron chi connectivity index (χ0n) is 16.1. The van der Waals surface area contributed by atoms with Crippen molar-refractivity contribution in [2.75, 3.05) is 19.0 Å². The van der Waals surface area contributed by atoms with Crippen LogP contribution in [0.3, 0.4) is 0 Å². The van der Waals surface area contributed by atoms with Crippen LogP contribution in [0.5, 0.6) is 0 Å². The van der Waals surface area contributed by atoms with Crippen molar-refractivity contribution in [3.05, 3.63) is 59.4 Å². The molecule has 0 aliphatic carbocycles. The number of aryl methyl sites for hydroxylation is 2. The van der Waals surface area contributed by atoms with Crippen LogP contribution in [0.25, 0.3) is 11.0 Å². The molecule has 0 saturated carbocycles. The van der Waals surface area contributed by atoms with Crippen LogP contribution < -0.4 is 10.0 Å². The number of ether oxygens (including phenoxy) is 1. The van der Waals surface area contributed by atoms with Crippen LogP contribution in [0.1, 0.15) is 21.7 Å². The number of hydrogen-bond donors (Lipinski definition) is 2. The Morgan fingerprint density at radius 3 is 2.52 bits per heavy atom. The molecule has 0 atom stereocenters. The quantitative estimate of drug-likeness (QED) is 0.597. The smallest absolute Gasteiger partial charge is 0.375 e. The maximum Gasteiger partial charge on any atom is 0.375 e. The molecule has 152 valence electrons. The Morgan fingerprint density at radius 2 is 1.83 bits per heavy atom. The average Bonchev–Trinajstić information content (AvgIpc) is 3.04. The first-order valence-electron chi connectivity index (χ1n) is 8.72. The van der Waals surface area contributed by atoms with Gasteiger partial charge in [-0.2, -0.15) is 0 Å². The Hall–Kier alpha value is -3.17. The highest BCUT2D eigenvalue weighted by Crippen LogP contribution is 2.25. The standard InChI is InChI=1S/C20H20N2O6S/c1-12-8-9-14(10-17(12)29(25,26)21-3)22-18(23)11-27-20(24)19-13(2)15-6-4-5-7-16(15)28-19/h4-10,21H,11H2,1-3H3,(H,22,23). The Labute approximate surface area is 167 Å². The summed E-state index contributed by atoms with van der Waals surface area (Å²) in [5, 5.41) is 3.31. The molecule has 2 aromatic carbocycles. The summed E-state index contributed by atoms with van der Waals surface area (Å²) in [7, 11) is -2.36. The van der Waals surface area contributed by atoms with E-state index in [2.05, 4.69) is 10.0 Å². The molecular weight excluding hydrogens is 396 g/mol. The van der Waals surface area contributed by atoms with Crippen molar-refractivity contribution in [1.29, 1.82) is 0 Å². The minimum Gasteiger partial charge on any atom is -0.450 e. The van der Waals surface area contributed by atoms with Gasteiger partial charge in [-0.05, 0) is 44.7 Å². The number of carbonyl (C=O) groups is 2. The van der Waals surface area contributed by atoms with E-state index in [1.54, 1.807) is 38.1 Å². The average molecular weight is 416 g/mol. The predicted octanol–water partition coefficient (Wildman–Crippen LogP) is 2.75. The molecule has 0 saturated heterocycles. The Morgan fingerprint density at radius 1 is 1.10 bits per heavy atom. The molecule has 8 nitrogen and oxygen atoms in total. The lowest BCUT2D eigenvalue weighted by Gasteiger charge is -2.10. The first-order valence-corrected chi connectivity index (χ1v) is 10.2. The molecule has 3 rings (SSSR count). The Bertz CT molecular complexity index is 1200. The molecule has 1 heterocycles. The number of carbonyl (C=O) groups excluding carboxylic acids is 2. The van der Waals surface area contributed by atoms with Gasteiger partial charge in [0.05, 0.1) is 4.90 Å². The SMILES string of the molecule is CNS(=O)(=O)c1cc(NC(=O)COC(=O)c2oc3ccccc3c2C)ccc1C. The van der Waals surface area contributed by atoms with E-state index in [1.165, 1.54) is 13.1 Å². The van der Waals surface area contributed by atoms with E-state index in [9.17, 15) is 18.0 Å². The van der Waals surface area contributed by atoms with E-state index in [0.29, 0.717) is 16.7 Å². The van der Waals surface area contributed by atoms with Crippen LogP contribution in [-0.2, 0) is 19.6 Å². The number of anilines is 1. The summed E-state index contributed by atoms with van der Waals surface area (Å²) < 4.78 is 36.9. The molecule has 1 aromatic heterocycles. The zero-order valence-corrected chi connectivity index (χ0v) is 16.9. The van der Waals surface area contributed by atoms with Crippen molar-refractivity contribution in [1.82, 2.24) is 4.72 Å². The number of hydrogen-bond acceptors (Lipinski definition) is 6. The maximum atomic E-state index is 12.3. The van der Waals surface area contributed by atoms with Crippen molar-refractivity contribution < 1.29 is 27.2 Å². The van der Waals surface area contributed by atoms with Gasteiger partial charge in [0.15, 0.2) is 6.61 Å². The molecule has 0 spiro atoms. The third-order valence-corrected chi connectivity index (χ3v) is 5.95. The third-order valence-electron chi connectivity index (χ3n) is 4.39. The van der Waals surface area contributed by atoms with E-state index < -0.39 is 28.5 Å². The number of fused-ring (bicyclic) bond motifs is 1. The van der Waals surface area contributed by atoms with Crippen LogP contribution in [0.15, 0.2) is 51.8 Å². The molecule has 0 fully saturated rings. The summed E-state index contributed by atoms with van der Waals surface area (Å²) in [6.45, 7) is 2.84. The highest BCUT2D eigenvalue weighted by Gasteiger charge is 2.20. The maximum absolute atomic E-state index is 12.3. The molecular formula is C20H20N2O6S. The summed E-state index contributed by atoms with van der Waals surface area (Å²) in [5.74, 6) is -1.32. The largest absolute Gasteiger partial charge is 0.450 e. The van der Waals surface area contributed by atoms with Gasteiger partial charge in [-0.1, -0.05) is 24.3 Å². The number of para-hydroxylation sites is 1. The highest BCUT2D eigenvalue weighted by atomic mass is 32.2. The second-order valence-corrected chi connectivity index (χ2v) is 8.22. The minimum atomic E-state index is -3.67. The van der Waals surface area contributed by atoms with E-state index >= 15 is 0 Å². The van der Waals surface area contributed by atoms with Gasteiger partial charge in [-0.3, -0.25) is 4.79 Å². The summed E-state index contributed by atoms with van der Waals surface area (Å²) in [6.07, 6.45) is 0. The number of benzene rings is 2.